The largest absolute Gasteiger partial charge is 0.508 e. The molecule has 0 aliphatic carbocycles. The standard InChI is InChI=1S/C24H25N5O7S3/c1-11(8-16(31)36-3)25-17(13-4-6-15(30)7-5-13)20(32)26-18-21(33)29-19(23(34)35)14(9-37-22(18)29)10-38-24-28-27-12(2)39-24/h4-7,17-18,22,30H,8-10H2,1-3H3,(H,26,32)(H,34,35)/t17?,18?,22-/m0/s1. The molecule has 2 aliphatic rings. The first-order valence-electron chi connectivity index (χ1n) is 11.6. The molecule has 3 N–H and O–H groups in total. The maximum atomic E-state index is 13.4. The lowest BCUT2D eigenvalue weighted by Crippen LogP contribution is -2.70. The van der Waals surface area contributed by atoms with Gasteiger partial charge in [0.2, 0.25) is 5.91 Å². The number of carbonyl (C=O) groups is 4. The van der Waals surface area contributed by atoms with Crippen LogP contribution in [0, 0.1) is 6.92 Å². The Morgan fingerprint density at radius 2 is 2.00 bits per heavy atom. The minimum atomic E-state index is -1.22. The zero-order valence-corrected chi connectivity index (χ0v) is 23.6. The predicted molar refractivity (Wildman–Crippen MR) is 146 cm³/mol. The number of rotatable bonds is 10. The predicted octanol–water partition coefficient (Wildman–Crippen LogP) is 2.15. The fraction of sp³-hybridized carbons (Fsp3) is 0.375. The molecule has 206 valence electrons. The Bertz CT molecular complexity index is 1360. The number of ether oxygens (including phenoxy) is 1. The molecule has 0 bridgehead atoms. The number of hydrogen-bond donors (Lipinski definition) is 3. The molecule has 0 spiro atoms. The van der Waals surface area contributed by atoms with Gasteiger partial charge in [-0.05, 0) is 37.1 Å². The van der Waals surface area contributed by atoms with E-state index in [9.17, 15) is 29.4 Å². The summed E-state index contributed by atoms with van der Waals surface area (Å²) in [5.41, 5.74) is 1.29. The number of phenols is 1. The van der Waals surface area contributed by atoms with Crippen molar-refractivity contribution in [3.63, 3.8) is 0 Å². The number of benzene rings is 1. The molecule has 39 heavy (non-hydrogen) atoms. The van der Waals surface area contributed by atoms with Crippen molar-refractivity contribution in [1.82, 2.24) is 20.4 Å². The third kappa shape index (κ3) is 6.42. The summed E-state index contributed by atoms with van der Waals surface area (Å²) in [4.78, 5) is 55.9. The highest BCUT2D eigenvalue weighted by molar-refractivity contribution is 8.01. The number of aromatic hydroxyl groups is 1. The number of β-lactam (4-membered cyclic amide) rings is 1. The van der Waals surface area contributed by atoms with Crippen LogP contribution in [-0.2, 0) is 23.9 Å². The average molecular weight is 592 g/mol. The number of phenolic OH excluding ortho intramolecular Hbond substituents is 1. The monoisotopic (exact) mass is 591 g/mol. The van der Waals surface area contributed by atoms with Gasteiger partial charge in [0, 0.05) is 17.2 Å². The number of aliphatic imine (C=N–C) groups is 1. The number of aryl methyl sites for hydroxylation is 1. The minimum Gasteiger partial charge on any atom is -0.508 e. The number of carbonyl (C=O) groups excluding carboxylic acids is 3. The van der Waals surface area contributed by atoms with E-state index in [-0.39, 0.29) is 17.9 Å². The van der Waals surface area contributed by atoms with Gasteiger partial charge in [-0.2, -0.15) is 0 Å². The van der Waals surface area contributed by atoms with Crippen LogP contribution in [0.5, 0.6) is 5.75 Å². The molecule has 3 atom stereocenters. The molecule has 1 aromatic carbocycles. The molecule has 2 amide bonds. The van der Waals surface area contributed by atoms with Crippen molar-refractivity contribution >= 4 is 64.3 Å². The van der Waals surface area contributed by atoms with E-state index in [4.69, 9.17) is 0 Å². The van der Waals surface area contributed by atoms with E-state index in [0.717, 1.165) is 5.01 Å². The number of aromatic nitrogens is 2. The molecule has 15 heteroatoms. The van der Waals surface area contributed by atoms with Crippen molar-refractivity contribution < 1.29 is 34.1 Å². The van der Waals surface area contributed by atoms with Crippen LogP contribution in [-0.4, -0.2) is 84.8 Å². The van der Waals surface area contributed by atoms with E-state index >= 15 is 0 Å². The van der Waals surface area contributed by atoms with Gasteiger partial charge in [0.1, 0.15) is 27.9 Å². The van der Waals surface area contributed by atoms with Crippen molar-refractivity contribution in [2.45, 2.75) is 42.1 Å². The Morgan fingerprint density at radius 1 is 1.28 bits per heavy atom. The van der Waals surface area contributed by atoms with Gasteiger partial charge in [-0.15, -0.1) is 22.0 Å². The van der Waals surface area contributed by atoms with E-state index in [1.165, 1.54) is 71.1 Å². The summed E-state index contributed by atoms with van der Waals surface area (Å²) >= 11 is 4.13. The summed E-state index contributed by atoms with van der Waals surface area (Å²) in [6, 6.07) is 3.79. The summed E-state index contributed by atoms with van der Waals surface area (Å²) in [7, 11) is 1.25. The molecule has 12 nitrogen and oxygen atoms in total. The highest BCUT2D eigenvalue weighted by atomic mass is 32.2. The third-order valence-electron chi connectivity index (χ3n) is 5.86. The number of carboxylic acids is 1. The number of fused-ring (bicyclic) bond motifs is 1. The number of methoxy groups -OCH3 is 1. The van der Waals surface area contributed by atoms with Gasteiger partial charge in [-0.25, -0.2) is 4.79 Å². The summed E-state index contributed by atoms with van der Waals surface area (Å²) in [5.74, 6) is -2.16. The summed E-state index contributed by atoms with van der Waals surface area (Å²) in [6.07, 6.45) is -0.128. The molecule has 0 radical (unpaired) electrons. The molecule has 2 aromatic rings. The van der Waals surface area contributed by atoms with Crippen LogP contribution in [0.2, 0.25) is 0 Å². The Balaban J connectivity index is 1.51. The van der Waals surface area contributed by atoms with E-state index in [1.54, 1.807) is 6.92 Å². The fourth-order valence-corrected chi connectivity index (χ4v) is 7.30. The maximum absolute atomic E-state index is 13.4. The number of hydrogen-bond acceptors (Lipinski definition) is 12. The van der Waals surface area contributed by atoms with Crippen molar-refractivity contribution in [3.05, 3.63) is 46.1 Å². The van der Waals surface area contributed by atoms with E-state index in [0.29, 0.717) is 32.7 Å². The van der Waals surface area contributed by atoms with E-state index < -0.39 is 41.2 Å². The first-order valence-corrected chi connectivity index (χ1v) is 14.5. The summed E-state index contributed by atoms with van der Waals surface area (Å²) in [6.45, 7) is 3.41. The first kappa shape index (κ1) is 28.6. The number of nitrogens with one attached hydrogen (secondary N) is 1. The number of aliphatic carboxylic acids is 1. The van der Waals surface area contributed by atoms with Gasteiger partial charge in [-0.1, -0.05) is 35.2 Å². The lowest BCUT2D eigenvalue weighted by Gasteiger charge is -2.49. The lowest BCUT2D eigenvalue weighted by atomic mass is 10.0. The van der Waals surface area contributed by atoms with Crippen molar-refractivity contribution in [2.24, 2.45) is 4.99 Å². The van der Waals surface area contributed by atoms with Gasteiger partial charge in [0.05, 0.1) is 13.5 Å². The van der Waals surface area contributed by atoms with Crippen LogP contribution in [0.25, 0.3) is 0 Å². The van der Waals surface area contributed by atoms with Crippen LogP contribution in [0.3, 0.4) is 0 Å². The number of nitrogens with zero attached hydrogens (tertiary/aromatic N) is 4. The SMILES string of the molecule is COC(=O)CC(C)=NC(C(=O)NC1C(=O)N2C(C(=O)O)=C(CSc3nnc(C)s3)CS[C@@H]12)c1ccc(O)cc1. The molecule has 3 heterocycles. The van der Waals surface area contributed by atoms with Crippen molar-refractivity contribution in [3.8, 4) is 5.75 Å². The Hall–Kier alpha value is -3.43. The quantitative estimate of drug-likeness (QED) is 0.160. The van der Waals surface area contributed by atoms with Gasteiger partial charge in [-0.3, -0.25) is 24.3 Å². The molecule has 2 aliphatic heterocycles. The highest BCUT2D eigenvalue weighted by Gasteiger charge is 2.54. The second-order valence-corrected chi connectivity index (χ2v) is 12.1. The van der Waals surface area contributed by atoms with Gasteiger partial charge in [0.25, 0.3) is 5.91 Å². The van der Waals surface area contributed by atoms with Crippen molar-refractivity contribution in [2.75, 3.05) is 18.6 Å². The Labute approximate surface area is 235 Å². The maximum Gasteiger partial charge on any atom is 0.352 e. The fourth-order valence-electron chi connectivity index (χ4n) is 4.00. The average Bonchev–Trinajstić information content (AvgIpc) is 3.33. The lowest BCUT2D eigenvalue weighted by molar-refractivity contribution is -0.150. The zero-order valence-electron chi connectivity index (χ0n) is 21.1. The summed E-state index contributed by atoms with van der Waals surface area (Å²) < 4.78 is 5.37. The van der Waals surface area contributed by atoms with Gasteiger partial charge in [0.15, 0.2) is 10.4 Å². The Morgan fingerprint density at radius 3 is 2.62 bits per heavy atom. The van der Waals surface area contributed by atoms with E-state index in [2.05, 4.69) is 25.2 Å². The molecular weight excluding hydrogens is 566 g/mol. The van der Waals surface area contributed by atoms with Crippen molar-refractivity contribution in [1.29, 1.82) is 0 Å². The molecular formula is C24H25N5O7S3. The van der Waals surface area contributed by atoms with Gasteiger partial charge < -0.3 is 20.3 Å². The molecule has 1 aromatic heterocycles. The van der Waals surface area contributed by atoms with Crippen LogP contribution in [0.15, 0.2) is 44.9 Å². The van der Waals surface area contributed by atoms with E-state index in [1.807, 2.05) is 6.92 Å². The molecule has 4 rings (SSSR count). The Kier molecular flexibility index (Phi) is 8.92. The number of thioether (sulfide) groups is 2. The first-order chi connectivity index (χ1) is 18.6. The zero-order chi connectivity index (χ0) is 28.3. The number of carboxylic acid groups (broad SMARTS) is 1. The van der Waals surface area contributed by atoms with Crippen LogP contribution < -0.4 is 5.32 Å². The molecule has 1 saturated heterocycles. The van der Waals surface area contributed by atoms with Crippen LogP contribution in [0.4, 0.5) is 0 Å². The molecule has 2 unspecified atom stereocenters. The van der Waals surface area contributed by atoms with Gasteiger partial charge >= 0.3 is 11.9 Å². The van der Waals surface area contributed by atoms with Crippen LogP contribution >= 0.6 is 34.9 Å². The molecule has 0 saturated carbocycles. The molecule has 1 fully saturated rings. The normalized spacial score (nSPS) is 19.7. The minimum absolute atomic E-state index is 0.000185. The smallest absolute Gasteiger partial charge is 0.352 e. The topological polar surface area (TPSA) is 171 Å². The third-order valence-corrected chi connectivity index (χ3v) is 9.26. The highest BCUT2D eigenvalue weighted by Crippen LogP contribution is 2.42. The summed E-state index contributed by atoms with van der Waals surface area (Å²) in [5, 5.41) is 30.5. The number of amides is 2. The van der Waals surface area contributed by atoms with Crippen LogP contribution in [0.1, 0.15) is 30.0 Å². The second-order valence-electron chi connectivity index (χ2n) is 8.64. The number of esters is 1. The second kappa shape index (κ2) is 12.2.